The molecule has 21 heavy (non-hydrogen) atoms. The van der Waals surface area contributed by atoms with E-state index in [2.05, 4.69) is 19.9 Å². The summed E-state index contributed by atoms with van der Waals surface area (Å²) in [5, 5.41) is 20.7. The normalized spacial score (nSPS) is 18.6. The third kappa shape index (κ3) is 4.66. The van der Waals surface area contributed by atoms with Gasteiger partial charge < -0.3 is 16.0 Å². The van der Waals surface area contributed by atoms with E-state index in [9.17, 15) is 0 Å². The zero-order valence-corrected chi connectivity index (χ0v) is 12.1. The van der Waals surface area contributed by atoms with Gasteiger partial charge in [0.2, 0.25) is 0 Å². The maximum Gasteiger partial charge on any atom is 0.188 e. The van der Waals surface area contributed by atoms with Gasteiger partial charge in [-0.15, -0.1) is 0 Å². The average molecular weight is 293 g/mol. The summed E-state index contributed by atoms with van der Waals surface area (Å²) in [5.74, 6) is 0.0295. The Kier molecular flexibility index (Phi) is 5.91. The molecule has 4 N–H and O–H groups in total. The number of β-amino-alcohol motifs (C(OH)–C–C–N with tert-alkyl or cyclic N) is 1. The van der Waals surface area contributed by atoms with E-state index in [0.717, 1.165) is 51.3 Å². The van der Waals surface area contributed by atoms with Crippen LogP contribution >= 0.6 is 0 Å². The van der Waals surface area contributed by atoms with Gasteiger partial charge in [-0.05, 0) is 37.2 Å². The molecule has 2 rings (SSSR count). The first-order chi connectivity index (χ1) is 10.2. The quantitative estimate of drug-likeness (QED) is 0.298. The number of hydrogen-bond donors (Lipinski definition) is 3. The maximum absolute atomic E-state index is 9.01. The van der Waals surface area contributed by atoms with Crippen LogP contribution in [0.5, 0.6) is 0 Å². The molecule has 2 heterocycles. The number of pyridine rings is 1. The summed E-state index contributed by atoms with van der Waals surface area (Å²) in [4.78, 5) is 8.75. The van der Waals surface area contributed by atoms with Crippen molar-refractivity contribution in [1.82, 2.24) is 14.8 Å². The second kappa shape index (κ2) is 7.92. The van der Waals surface area contributed by atoms with E-state index in [1.807, 2.05) is 12.1 Å². The van der Waals surface area contributed by atoms with Gasteiger partial charge in [-0.25, -0.2) is 0 Å². The topological polar surface area (TPSA) is 98.2 Å². The maximum atomic E-state index is 9.01. The predicted octanol–water partition coefficient (Wildman–Crippen LogP) is -0.324. The lowest BCUT2D eigenvalue weighted by Crippen LogP contribution is -2.32. The predicted molar refractivity (Wildman–Crippen MR) is 80.2 cm³/mol. The van der Waals surface area contributed by atoms with Gasteiger partial charge in [0.05, 0.1) is 6.61 Å². The lowest BCUT2D eigenvalue weighted by Gasteiger charge is -2.21. The first-order valence-corrected chi connectivity index (χ1v) is 7.21. The Balaban J connectivity index is 1.95. The van der Waals surface area contributed by atoms with E-state index in [0.29, 0.717) is 5.69 Å². The minimum Gasteiger partial charge on any atom is -0.409 e. The van der Waals surface area contributed by atoms with Crippen molar-refractivity contribution < 1.29 is 10.3 Å². The van der Waals surface area contributed by atoms with Crippen molar-refractivity contribution >= 4 is 5.84 Å². The summed E-state index contributed by atoms with van der Waals surface area (Å²) in [6, 6.07) is 3.80. The highest BCUT2D eigenvalue weighted by atomic mass is 16.4. The van der Waals surface area contributed by atoms with Crippen LogP contribution < -0.4 is 5.73 Å². The zero-order chi connectivity index (χ0) is 15.1. The molecule has 0 amide bonds. The van der Waals surface area contributed by atoms with Gasteiger partial charge in [0, 0.05) is 32.4 Å². The molecule has 1 aliphatic rings. The Morgan fingerprint density at radius 1 is 1.29 bits per heavy atom. The number of aromatic nitrogens is 1. The van der Waals surface area contributed by atoms with Crippen molar-refractivity contribution in [2.75, 3.05) is 39.3 Å². The molecule has 1 aliphatic heterocycles. The average Bonchev–Trinajstić information content (AvgIpc) is 2.73. The Bertz CT molecular complexity index is 480. The molecule has 0 unspecified atom stereocenters. The molecule has 0 spiro atoms. The number of rotatable bonds is 5. The molecule has 0 bridgehead atoms. The van der Waals surface area contributed by atoms with E-state index in [1.54, 1.807) is 6.20 Å². The van der Waals surface area contributed by atoms with Crippen molar-refractivity contribution in [3.63, 3.8) is 0 Å². The van der Waals surface area contributed by atoms with Gasteiger partial charge in [-0.1, -0.05) is 5.16 Å². The van der Waals surface area contributed by atoms with Crippen molar-refractivity contribution in [1.29, 1.82) is 0 Å². The van der Waals surface area contributed by atoms with E-state index in [1.165, 1.54) is 0 Å². The molecule has 1 aromatic rings. The van der Waals surface area contributed by atoms with E-state index >= 15 is 0 Å². The Morgan fingerprint density at radius 2 is 2.05 bits per heavy atom. The SMILES string of the molecule is N/C(=N/O)c1cc(CN2CCCN(CCO)CC2)ccn1. The fourth-order valence-electron chi connectivity index (χ4n) is 2.57. The number of oxime groups is 1. The van der Waals surface area contributed by atoms with E-state index in [4.69, 9.17) is 16.0 Å². The van der Waals surface area contributed by atoms with Crippen LogP contribution in [0.15, 0.2) is 23.5 Å². The minimum atomic E-state index is 0.0295. The monoisotopic (exact) mass is 293 g/mol. The molecular formula is C14H23N5O2. The van der Waals surface area contributed by atoms with Crippen LogP contribution in [0.4, 0.5) is 0 Å². The first-order valence-electron chi connectivity index (χ1n) is 7.21. The number of aliphatic hydroxyl groups is 1. The van der Waals surface area contributed by atoms with E-state index < -0.39 is 0 Å². The lowest BCUT2D eigenvalue weighted by atomic mass is 10.2. The fourth-order valence-corrected chi connectivity index (χ4v) is 2.57. The lowest BCUT2D eigenvalue weighted by molar-refractivity contribution is 0.196. The Labute approximate surface area is 124 Å². The summed E-state index contributed by atoms with van der Waals surface area (Å²) >= 11 is 0. The number of nitrogens with zero attached hydrogens (tertiary/aromatic N) is 4. The molecule has 0 atom stereocenters. The van der Waals surface area contributed by atoms with Crippen LogP contribution in [-0.2, 0) is 6.54 Å². The molecule has 0 aromatic carbocycles. The molecule has 7 nitrogen and oxygen atoms in total. The molecule has 1 saturated heterocycles. The van der Waals surface area contributed by atoms with Gasteiger partial charge in [0.15, 0.2) is 5.84 Å². The van der Waals surface area contributed by atoms with Crippen LogP contribution in [0.1, 0.15) is 17.7 Å². The first kappa shape index (κ1) is 15.7. The van der Waals surface area contributed by atoms with Crippen LogP contribution in [0, 0.1) is 0 Å². The molecule has 1 fully saturated rings. The van der Waals surface area contributed by atoms with Crippen LogP contribution in [0.2, 0.25) is 0 Å². The van der Waals surface area contributed by atoms with Crippen molar-refractivity contribution in [2.24, 2.45) is 10.9 Å². The fraction of sp³-hybridized carbons (Fsp3) is 0.571. The second-order valence-corrected chi connectivity index (χ2v) is 5.23. The summed E-state index contributed by atoms with van der Waals surface area (Å²) in [6.45, 7) is 5.79. The molecule has 7 heteroatoms. The third-order valence-corrected chi connectivity index (χ3v) is 3.70. The van der Waals surface area contributed by atoms with Crippen molar-refractivity contribution in [3.05, 3.63) is 29.6 Å². The number of hydrogen-bond acceptors (Lipinski definition) is 6. The molecular weight excluding hydrogens is 270 g/mol. The van der Waals surface area contributed by atoms with Crippen LogP contribution in [0.3, 0.4) is 0 Å². The largest absolute Gasteiger partial charge is 0.409 e. The van der Waals surface area contributed by atoms with Crippen LogP contribution in [0.25, 0.3) is 0 Å². The van der Waals surface area contributed by atoms with Crippen molar-refractivity contribution in [3.8, 4) is 0 Å². The van der Waals surface area contributed by atoms with Gasteiger partial charge in [0.25, 0.3) is 0 Å². The summed E-state index contributed by atoms with van der Waals surface area (Å²) in [7, 11) is 0. The number of nitrogens with two attached hydrogens (primary N) is 1. The van der Waals surface area contributed by atoms with Crippen LogP contribution in [-0.4, -0.2) is 70.3 Å². The third-order valence-electron chi connectivity index (χ3n) is 3.70. The smallest absolute Gasteiger partial charge is 0.188 e. The van der Waals surface area contributed by atoms with Gasteiger partial charge in [0.1, 0.15) is 5.69 Å². The Morgan fingerprint density at radius 3 is 2.81 bits per heavy atom. The zero-order valence-electron chi connectivity index (χ0n) is 12.1. The number of amidine groups is 1. The van der Waals surface area contributed by atoms with Gasteiger partial charge in [-0.3, -0.25) is 14.8 Å². The Hall–Kier alpha value is -1.70. The molecule has 116 valence electrons. The molecule has 1 aromatic heterocycles. The second-order valence-electron chi connectivity index (χ2n) is 5.23. The van der Waals surface area contributed by atoms with Crippen molar-refractivity contribution in [2.45, 2.75) is 13.0 Å². The highest BCUT2D eigenvalue weighted by molar-refractivity contribution is 5.95. The molecule has 0 radical (unpaired) electrons. The standard InChI is InChI=1S/C14H23N5O2/c15-14(17-21)13-10-12(2-3-16-13)11-19-5-1-4-18(6-7-19)8-9-20/h2-3,10,20-21H,1,4-9,11H2,(H2,15,17). The molecule has 0 aliphatic carbocycles. The summed E-state index contributed by atoms with van der Waals surface area (Å²) < 4.78 is 0. The van der Waals surface area contributed by atoms with E-state index in [-0.39, 0.29) is 12.4 Å². The number of aliphatic hydroxyl groups excluding tert-OH is 1. The highest BCUT2D eigenvalue weighted by Gasteiger charge is 2.15. The summed E-state index contributed by atoms with van der Waals surface area (Å²) in [6.07, 6.45) is 2.77. The minimum absolute atomic E-state index is 0.0295. The van der Waals surface area contributed by atoms with Gasteiger partial charge in [-0.2, -0.15) is 0 Å². The van der Waals surface area contributed by atoms with Gasteiger partial charge >= 0.3 is 0 Å². The highest BCUT2D eigenvalue weighted by Crippen LogP contribution is 2.09. The summed E-state index contributed by atoms with van der Waals surface area (Å²) in [5.41, 5.74) is 7.16. The molecule has 0 saturated carbocycles.